The Kier molecular flexibility index (Phi) is 7.05. The van der Waals surface area contributed by atoms with Gasteiger partial charge in [-0.15, -0.1) is 10.2 Å². The highest BCUT2D eigenvalue weighted by atomic mass is 16.5. The monoisotopic (exact) mass is 504 g/mol. The van der Waals surface area contributed by atoms with E-state index in [9.17, 15) is 0 Å². The molecule has 2 heterocycles. The highest BCUT2D eigenvalue weighted by Gasteiger charge is 2.21. The Morgan fingerprint density at radius 3 is 2.39 bits per heavy atom. The minimum absolute atomic E-state index is 0.341. The summed E-state index contributed by atoms with van der Waals surface area (Å²) < 4.78 is 11.5. The van der Waals surface area contributed by atoms with Gasteiger partial charge in [0.05, 0.1) is 7.11 Å². The molecule has 5 aromatic rings. The van der Waals surface area contributed by atoms with Crippen LogP contribution >= 0.6 is 0 Å². The van der Waals surface area contributed by atoms with E-state index in [1.807, 2.05) is 42.5 Å². The van der Waals surface area contributed by atoms with E-state index in [0.717, 1.165) is 66.3 Å². The largest absolute Gasteiger partial charge is 0.497 e. The van der Waals surface area contributed by atoms with Gasteiger partial charge in [-0.2, -0.15) is 0 Å². The van der Waals surface area contributed by atoms with Crippen molar-refractivity contribution in [1.82, 2.24) is 15.1 Å². The molecular formula is C32H32N4O2. The summed E-state index contributed by atoms with van der Waals surface area (Å²) in [6.07, 6.45) is 2.12. The fourth-order valence-electron chi connectivity index (χ4n) is 5.22. The molecular weight excluding hydrogens is 472 g/mol. The molecule has 1 aliphatic heterocycles. The second-order valence-corrected chi connectivity index (χ2v) is 9.88. The number of ether oxygens (including phenoxy) is 2. The lowest BCUT2D eigenvalue weighted by atomic mass is 10.0. The smallest absolute Gasteiger partial charge is 0.156 e. The normalized spacial score (nSPS) is 14.6. The van der Waals surface area contributed by atoms with Crippen LogP contribution < -0.4 is 14.8 Å². The Morgan fingerprint density at radius 1 is 0.789 bits per heavy atom. The van der Waals surface area contributed by atoms with E-state index in [4.69, 9.17) is 9.47 Å². The maximum absolute atomic E-state index is 5.98. The number of para-hydroxylation sites is 1. The third-order valence-electron chi connectivity index (χ3n) is 7.33. The van der Waals surface area contributed by atoms with Crippen molar-refractivity contribution in [2.75, 3.05) is 25.5 Å². The first-order valence-electron chi connectivity index (χ1n) is 13.2. The molecule has 192 valence electrons. The van der Waals surface area contributed by atoms with Crippen molar-refractivity contribution in [3.05, 3.63) is 102 Å². The first-order valence-corrected chi connectivity index (χ1v) is 13.2. The van der Waals surface area contributed by atoms with Gasteiger partial charge in [-0.05, 0) is 65.6 Å². The third-order valence-corrected chi connectivity index (χ3v) is 7.33. The van der Waals surface area contributed by atoms with Crippen LogP contribution in [-0.2, 0) is 13.2 Å². The Hall–Kier alpha value is -4.16. The predicted octanol–water partition coefficient (Wildman–Crippen LogP) is 6.45. The van der Waals surface area contributed by atoms with Crippen molar-refractivity contribution in [2.45, 2.75) is 32.0 Å². The van der Waals surface area contributed by atoms with Crippen molar-refractivity contribution in [3.63, 3.8) is 0 Å². The van der Waals surface area contributed by atoms with E-state index in [-0.39, 0.29) is 0 Å². The van der Waals surface area contributed by atoms with Crippen molar-refractivity contribution in [3.8, 4) is 11.5 Å². The SMILES string of the molecule is COc1ccc2c(NC3CCN(Cc4ccc5ccccc5c4)CC3)nnc(COc3ccccc3)c2c1. The Labute approximate surface area is 223 Å². The first kappa shape index (κ1) is 24.2. The molecule has 1 fully saturated rings. The van der Waals surface area contributed by atoms with E-state index in [1.165, 1.54) is 16.3 Å². The van der Waals surface area contributed by atoms with Gasteiger partial charge < -0.3 is 14.8 Å². The highest BCUT2D eigenvalue weighted by Crippen LogP contribution is 2.29. The van der Waals surface area contributed by atoms with Crippen molar-refractivity contribution in [2.24, 2.45) is 0 Å². The molecule has 6 nitrogen and oxygen atoms in total. The summed E-state index contributed by atoms with van der Waals surface area (Å²) >= 11 is 0. The van der Waals surface area contributed by atoms with E-state index < -0.39 is 0 Å². The molecule has 4 aromatic carbocycles. The minimum atomic E-state index is 0.341. The van der Waals surface area contributed by atoms with Gasteiger partial charge in [0.15, 0.2) is 5.82 Å². The molecule has 0 unspecified atom stereocenters. The number of methoxy groups -OCH3 is 1. The molecule has 1 aliphatic rings. The first-order chi connectivity index (χ1) is 18.7. The Morgan fingerprint density at radius 2 is 1.58 bits per heavy atom. The molecule has 0 saturated carbocycles. The maximum atomic E-state index is 5.98. The molecule has 0 bridgehead atoms. The van der Waals surface area contributed by atoms with Crippen LogP contribution in [0.4, 0.5) is 5.82 Å². The number of likely N-dealkylation sites (tertiary alicyclic amines) is 1. The summed E-state index contributed by atoms with van der Waals surface area (Å²) in [5.74, 6) is 2.42. The topological polar surface area (TPSA) is 59.5 Å². The van der Waals surface area contributed by atoms with Crippen LogP contribution in [0.3, 0.4) is 0 Å². The van der Waals surface area contributed by atoms with E-state index in [2.05, 4.69) is 68.9 Å². The Bertz CT molecular complexity index is 1530. The minimum Gasteiger partial charge on any atom is -0.497 e. The second-order valence-electron chi connectivity index (χ2n) is 9.88. The molecule has 0 radical (unpaired) electrons. The molecule has 0 aliphatic carbocycles. The van der Waals surface area contributed by atoms with Crippen molar-refractivity contribution >= 4 is 27.4 Å². The van der Waals surface area contributed by atoms with Gasteiger partial charge in [0.2, 0.25) is 0 Å². The number of nitrogens with one attached hydrogen (secondary N) is 1. The van der Waals surface area contributed by atoms with Gasteiger partial charge in [-0.3, -0.25) is 4.90 Å². The van der Waals surface area contributed by atoms with Gasteiger partial charge >= 0.3 is 0 Å². The lowest BCUT2D eigenvalue weighted by molar-refractivity contribution is 0.211. The van der Waals surface area contributed by atoms with Crippen LogP contribution in [0.5, 0.6) is 11.5 Å². The summed E-state index contributed by atoms with van der Waals surface area (Å²) in [5.41, 5.74) is 2.16. The van der Waals surface area contributed by atoms with E-state index >= 15 is 0 Å². The summed E-state index contributed by atoms with van der Waals surface area (Å²) in [7, 11) is 1.68. The van der Waals surface area contributed by atoms with Gasteiger partial charge in [-0.25, -0.2) is 0 Å². The van der Waals surface area contributed by atoms with Crippen LogP contribution in [0, 0.1) is 0 Å². The number of aromatic nitrogens is 2. The molecule has 0 atom stereocenters. The molecule has 38 heavy (non-hydrogen) atoms. The molecule has 0 amide bonds. The molecule has 1 aromatic heterocycles. The number of benzene rings is 4. The zero-order chi connectivity index (χ0) is 25.7. The zero-order valence-corrected chi connectivity index (χ0v) is 21.6. The summed E-state index contributed by atoms with van der Waals surface area (Å²) in [4.78, 5) is 2.54. The number of hydrogen-bond acceptors (Lipinski definition) is 6. The lowest BCUT2D eigenvalue weighted by Gasteiger charge is -2.32. The van der Waals surface area contributed by atoms with E-state index in [0.29, 0.717) is 12.6 Å². The summed E-state index contributed by atoms with van der Waals surface area (Å²) in [6.45, 7) is 3.42. The number of nitrogens with zero attached hydrogens (tertiary/aromatic N) is 3. The van der Waals surface area contributed by atoms with Crippen molar-refractivity contribution in [1.29, 1.82) is 0 Å². The summed E-state index contributed by atoms with van der Waals surface area (Å²) in [6, 6.07) is 31.6. The molecule has 6 rings (SSSR count). The van der Waals surface area contributed by atoms with Crippen molar-refractivity contribution < 1.29 is 9.47 Å². The highest BCUT2D eigenvalue weighted by molar-refractivity contribution is 5.94. The molecule has 0 spiro atoms. The van der Waals surface area contributed by atoms with Crippen LogP contribution in [0.1, 0.15) is 24.1 Å². The maximum Gasteiger partial charge on any atom is 0.156 e. The van der Waals surface area contributed by atoms with Gasteiger partial charge in [0.25, 0.3) is 0 Å². The van der Waals surface area contributed by atoms with E-state index in [1.54, 1.807) is 7.11 Å². The number of anilines is 1. The fraction of sp³-hybridized carbons (Fsp3) is 0.250. The third kappa shape index (κ3) is 5.41. The predicted molar refractivity (Wildman–Crippen MR) is 153 cm³/mol. The number of hydrogen-bond donors (Lipinski definition) is 1. The fourth-order valence-corrected chi connectivity index (χ4v) is 5.22. The number of piperidine rings is 1. The van der Waals surface area contributed by atoms with Crippen LogP contribution in [0.15, 0.2) is 91.0 Å². The average molecular weight is 505 g/mol. The van der Waals surface area contributed by atoms with Crippen LogP contribution in [0.2, 0.25) is 0 Å². The number of fused-ring (bicyclic) bond motifs is 2. The second kappa shape index (κ2) is 11.1. The Balaban J connectivity index is 1.13. The molecule has 1 saturated heterocycles. The molecule has 1 N–H and O–H groups in total. The summed E-state index contributed by atoms with van der Waals surface area (Å²) in [5, 5.41) is 17.5. The zero-order valence-electron chi connectivity index (χ0n) is 21.6. The standard InChI is InChI=1S/C32H32N4O2/c1-37-28-13-14-29-30(20-28)31(22-38-27-9-3-2-4-10-27)34-35-32(29)33-26-15-17-36(18-16-26)21-23-11-12-24-7-5-6-8-25(24)19-23/h2-14,19-20,26H,15-18,21-22H2,1H3,(H,33,35). The average Bonchev–Trinajstić information content (AvgIpc) is 2.98. The van der Waals surface area contributed by atoms with Gasteiger partial charge in [-0.1, -0.05) is 54.6 Å². The quantitative estimate of drug-likeness (QED) is 0.262. The molecule has 6 heteroatoms. The van der Waals surface area contributed by atoms with Crippen LogP contribution in [0.25, 0.3) is 21.5 Å². The number of rotatable bonds is 8. The lowest BCUT2D eigenvalue weighted by Crippen LogP contribution is -2.38. The van der Waals surface area contributed by atoms with Gasteiger partial charge in [0.1, 0.15) is 23.8 Å². The van der Waals surface area contributed by atoms with Crippen LogP contribution in [-0.4, -0.2) is 41.3 Å². The van der Waals surface area contributed by atoms with Gasteiger partial charge in [0, 0.05) is 36.4 Å².